The third-order valence-electron chi connectivity index (χ3n) is 5.18. The molecule has 148 valence electrons. The summed E-state index contributed by atoms with van der Waals surface area (Å²) in [6.07, 6.45) is 0.895. The van der Waals surface area contributed by atoms with Gasteiger partial charge in [-0.05, 0) is 61.7 Å². The van der Waals surface area contributed by atoms with Crippen LogP contribution in [0, 0.1) is 13.8 Å². The Morgan fingerprint density at radius 3 is 2.48 bits per heavy atom. The fraction of sp³-hybridized carbons (Fsp3) is 0.240. The molecule has 3 aromatic carbocycles. The lowest BCUT2D eigenvalue weighted by molar-refractivity contribution is 0.280. The first-order valence-corrected chi connectivity index (χ1v) is 10.0. The SMILES string of the molecule is Cc1cccc(OCCCn2c(COc3ccccc3)nc3ccccc32)c1C. The van der Waals surface area contributed by atoms with Crippen LogP contribution in [-0.2, 0) is 13.2 Å². The van der Waals surface area contributed by atoms with E-state index in [9.17, 15) is 0 Å². The van der Waals surface area contributed by atoms with Crippen LogP contribution in [0.25, 0.3) is 11.0 Å². The summed E-state index contributed by atoms with van der Waals surface area (Å²) in [5.74, 6) is 2.75. The van der Waals surface area contributed by atoms with Gasteiger partial charge in [0, 0.05) is 6.54 Å². The fourth-order valence-electron chi connectivity index (χ4n) is 3.44. The van der Waals surface area contributed by atoms with Crippen LogP contribution < -0.4 is 9.47 Å². The number of nitrogens with zero attached hydrogens (tertiary/aromatic N) is 2. The zero-order chi connectivity index (χ0) is 20.1. The summed E-state index contributed by atoms with van der Waals surface area (Å²) in [6.45, 7) is 6.15. The van der Waals surface area contributed by atoms with Crippen molar-refractivity contribution in [2.24, 2.45) is 0 Å². The highest BCUT2D eigenvalue weighted by Crippen LogP contribution is 2.22. The van der Waals surface area contributed by atoms with Gasteiger partial charge in [0.25, 0.3) is 0 Å². The second-order valence-electron chi connectivity index (χ2n) is 7.17. The summed E-state index contributed by atoms with van der Waals surface area (Å²) in [5, 5.41) is 0. The summed E-state index contributed by atoms with van der Waals surface area (Å²) in [5.41, 5.74) is 4.58. The molecule has 0 N–H and O–H groups in total. The summed E-state index contributed by atoms with van der Waals surface area (Å²) in [7, 11) is 0. The molecule has 4 aromatic rings. The maximum Gasteiger partial charge on any atom is 0.147 e. The third-order valence-corrected chi connectivity index (χ3v) is 5.18. The lowest BCUT2D eigenvalue weighted by Crippen LogP contribution is -2.10. The average molecular weight is 386 g/mol. The summed E-state index contributed by atoms with van der Waals surface area (Å²) < 4.78 is 14.2. The van der Waals surface area contributed by atoms with E-state index < -0.39 is 0 Å². The predicted octanol–water partition coefficient (Wildman–Crippen LogP) is 5.70. The molecule has 0 atom stereocenters. The lowest BCUT2D eigenvalue weighted by atomic mass is 10.1. The number of imidazole rings is 1. The van der Waals surface area contributed by atoms with Gasteiger partial charge < -0.3 is 14.0 Å². The normalized spacial score (nSPS) is 11.0. The van der Waals surface area contributed by atoms with Gasteiger partial charge in [0.05, 0.1) is 17.6 Å². The van der Waals surface area contributed by atoms with E-state index in [4.69, 9.17) is 14.5 Å². The Bertz CT molecular complexity index is 1090. The summed E-state index contributed by atoms with van der Waals surface area (Å²) in [6, 6.07) is 24.3. The van der Waals surface area contributed by atoms with E-state index in [1.807, 2.05) is 54.6 Å². The van der Waals surface area contributed by atoms with Crippen molar-refractivity contribution in [3.63, 3.8) is 0 Å². The van der Waals surface area contributed by atoms with E-state index >= 15 is 0 Å². The third kappa shape index (κ3) is 4.43. The standard InChI is InChI=1S/C25H26N2O2/c1-19-10-8-15-24(20(19)2)28-17-9-16-27-23-14-7-6-13-22(23)26-25(27)18-29-21-11-4-3-5-12-21/h3-8,10-15H,9,16-18H2,1-2H3. The number of para-hydroxylation sites is 3. The first-order chi connectivity index (χ1) is 14.2. The van der Waals surface area contributed by atoms with E-state index in [0.29, 0.717) is 13.2 Å². The van der Waals surface area contributed by atoms with Gasteiger partial charge in [0.2, 0.25) is 0 Å². The minimum absolute atomic E-state index is 0.441. The molecule has 0 saturated carbocycles. The number of aromatic nitrogens is 2. The van der Waals surface area contributed by atoms with Gasteiger partial charge in [-0.2, -0.15) is 0 Å². The van der Waals surface area contributed by atoms with Crippen molar-refractivity contribution in [1.82, 2.24) is 9.55 Å². The molecular formula is C25H26N2O2. The van der Waals surface area contributed by atoms with Crippen molar-refractivity contribution < 1.29 is 9.47 Å². The van der Waals surface area contributed by atoms with E-state index in [2.05, 4.69) is 36.6 Å². The van der Waals surface area contributed by atoms with Crippen molar-refractivity contribution in [3.05, 3.63) is 89.7 Å². The molecular weight excluding hydrogens is 360 g/mol. The number of ether oxygens (including phenoxy) is 2. The molecule has 0 bridgehead atoms. The highest BCUT2D eigenvalue weighted by Gasteiger charge is 2.11. The number of aryl methyl sites for hydroxylation is 2. The summed E-state index contributed by atoms with van der Waals surface area (Å²) >= 11 is 0. The number of rotatable bonds is 8. The van der Waals surface area contributed by atoms with Gasteiger partial charge in [0.15, 0.2) is 0 Å². The van der Waals surface area contributed by atoms with Gasteiger partial charge in [-0.3, -0.25) is 0 Å². The van der Waals surface area contributed by atoms with Gasteiger partial charge in [-0.15, -0.1) is 0 Å². The molecule has 4 heteroatoms. The molecule has 0 aliphatic rings. The molecule has 1 heterocycles. The minimum atomic E-state index is 0.441. The average Bonchev–Trinajstić information content (AvgIpc) is 3.11. The highest BCUT2D eigenvalue weighted by molar-refractivity contribution is 5.75. The van der Waals surface area contributed by atoms with Crippen LogP contribution in [0.2, 0.25) is 0 Å². The molecule has 29 heavy (non-hydrogen) atoms. The Morgan fingerprint density at radius 2 is 1.62 bits per heavy atom. The molecule has 0 aliphatic heterocycles. The zero-order valence-corrected chi connectivity index (χ0v) is 17.0. The molecule has 0 spiro atoms. The Hall–Kier alpha value is -3.27. The molecule has 4 rings (SSSR count). The van der Waals surface area contributed by atoms with Crippen LogP contribution in [0.3, 0.4) is 0 Å². The Labute approximate surface area is 171 Å². The van der Waals surface area contributed by atoms with Crippen LogP contribution >= 0.6 is 0 Å². The largest absolute Gasteiger partial charge is 0.493 e. The lowest BCUT2D eigenvalue weighted by Gasteiger charge is -2.13. The van der Waals surface area contributed by atoms with E-state index in [-0.39, 0.29) is 0 Å². The molecule has 0 radical (unpaired) electrons. The Morgan fingerprint density at radius 1 is 0.828 bits per heavy atom. The van der Waals surface area contributed by atoms with Crippen LogP contribution in [-0.4, -0.2) is 16.2 Å². The number of hydrogen-bond donors (Lipinski definition) is 0. The van der Waals surface area contributed by atoms with Crippen LogP contribution in [0.5, 0.6) is 11.5 Å². The van der Waals surface area contributed by atoms with Crippen LogP contribution in [0.4, 0.5) is 0 Å². The van der Waals surface area contributed by atoms with E-state index in [0.717, 1.165) is 41.3 Å². The van der Waals surface area contributed by atoms with Gasteiger partial charge in [-0.25, -0.2) is 4.98 Å². The first-order valence-electron chi connectivity index (χ1n) is 10.0. The second-order valence-corrected chi connectivity index (χ2v) is 7.17. The quantitative estimate of drug-likeness (QED) is 0.364. The topological polar surface area (TPSA) is 36.3 Å². The number of fused-ring (bicyclic) bond motifs is 1. The van der Waals surface area contributed by atoms with Gasteiger partial charge in [-0.1, -0.05) is 42.5 Å². The summed E-state index contributed by atoms with van der Waals surface area (Å²) in [4.78, 5) is 4.79. The highest BCUT2D eigenvalue weighted by atomic mass is 16.5. The van der Waals surface area contributed by atoms with Crippen molar-refractivity contribution >= 4 is 11.0 Å². The predicted molar refractivity (Wildman–Crippen MR) is 117 cm³/mol. The fourth-order valence-corrected chi connectivity index (χ4v) is 3.44. The van der Waals surface area contributed by atoms with Crippen LogP contribution in [0.15, 0.2) is 72.8 Å². The van der Waals surface area contributed by atoms with E-state index in [1.165, 1.54) is 11.1 Å². The zero-order valence-electron chi connectivity index (χ0n) is 17.0. The monoisotopic (exact) mass is 386 g/mol. The van der Waals surface area contributed by atoms with Crippen molar-refractivity contribution in [2.45, 2.75) is 33.4 Å². The second kappa shape index (κ2) is 8.82. The molecule has 1 aromatic heterocycles. The molecule has 0 aliphatic carbocycles. The Balaban J connectivity index is 1.45. The number of hydrogen-bond acceptors (Lipinski definition) is 3. The molecule has 0 saturated heterocycles. The maximum absolute atomic E-state index is 6.03. The Kier molecular flexibility index (Phi) is 5.80. The molecule has 4 nitrogen and oxygen atoms in total. The van der Waals surface area contributed by atoms with Crippen LogP contribution in [0.1, 0.15) is 23.4 Å². The van der Waals surface area contributed by atoms with Gasteiger partial charge >= 0.3 is 0 Å². The minimum Gasteiger partial charge on any atom is -0.493 e. The molecule has 0 unspecified atom stereocenters. The van der Waals surface area contributed by atoms with Gasteiger partial charge in [0.1, 0.15) is 23.9 Å². The van der Waals surface area contributed by atoms with E-state index in [1.54, 1.807) is 0 Å². The first kappa shape index (κ1) is 19.1. The number of benzene rings is 3. The molecule has 0 fully saturated rings. The smallest absolute Gasteiger partial charge is 0.147 e. The van der Waals surface area contributed by atoms with Crippen molar-refractivity contribution in [3.8, 4) is 11.5 Å². The van der Waals surface area contributed by atoms with Crippen molar-refractivity contribution in [1.29, 1.82) is 0 Å². The molecule has 0 amide bonds. The maximum atomic E-state index is 6.03. The van der Waals surface area contributed by atoms with Crippen molar-refractivity contribution in [2.75, 3.05) is 6.61 Å².